The zero-order valence-electron chi connectivity index (χ0n) is 13.0. The number of hydrogen-bond acceptors (Lipinski definition) is 2. The normalized spacial score (nSPS) is 23.5. The Balaban J connectivity index is 1.60. The molecule has 118 valence electrons. The minimum Gasteiger partial charge on any atom is -0.387 e. The van der Waals surface area contributed by atoms with Crippen LogP contribution in [0.15, 0.2) is 89.6 Å². The largest absolute Gasteiger partial charge is 0.387 e. The molecular formula is C21H16ClNO. The van der Waals surface area contributed by atoms with Crippen molar-refractivity contribution in [1.82, 2.24) is 0 Å². The van der Waals surface area contributed by atoms with E-state index in [1.54, 1.807) is 0 Å². The second kappa shape index (κ2) is 6.50. The van der Waals surface area contributed by atoms with E-state index < -0.39 is 0 Å². The molecule has 1 heterocycles. The third-order valence-electron chi connectivity index (χ3n) is 4.26. The fourth-order valence-corrected chi connectivity index (χ4v) is 3.31. The van der Waals surface area contributed by atoms with Gasteiger partial charge in [0.25, 0.3) is 0 Å². The zero-order chi connectivity index (χ0) is 16.4. The van der Waals surface area contributed by atoms with E-state index in [9.17, 15) is 0 Å². The fraction of sp³-hybridized carbons (Fsp3) is 0.0952. The van der Waals surface area contributed by atoms with Crippen molar-refractivity contribution in [3.63, 3.8) is 0 Å². The van der Waals surface area contributed by atoms with Crippen molar-refractivity contribution in [2.45, 2.75) is 6.10 Å². The Bertz CT molecular complexity index is 864. The third-order valence-corrected chi connectivity index (χ3v) is 4.59. The predicted molar refractivity (Wildman–Crippen MR) is 99.1 cm³/mol. The first-order valence-corrected chi connectivity index (χ1v) is 8.31. The Hall–Kier alpha value is -2.58. The summed E-state index contributed by atoms with van der Waals surface area (Å²) < 4.78 is 0. The molecule has 3 heteroatoms. The van der Waals surface area contributed by atoms with Crippen molar-refractivity contribution in [2.24, 2.45) is 11.1 Å². The minimum absolute atomic E-state index is 0.0346. The van der Waals surface area contributed by atoms with Crippen LogP contribution in [0.3, 0.4) is 0 Å². The third kappa shape index (κ3) is 2.81. The van der Waals surface area contributed by atoms with Crippen molar-refractivity contribution in [3.8, 4) is 0 Å². The average molecular weight is 334 g/mol. The molecule has 2 aromatic rings. The SMILES string of the molecule is Clc1ccccc1C1=NO[C@@H]2C=C/C(=C/C=C\c3ccccc3)[C@H]12. The highest BCUT2D eigenvalue weighted by molar-refractivity contribution is 6.34. The van der Waals surface area contributed by atoms with Crippen LogP contribution in [0.2, 0.25) is 5.02 Å². The molecule has 2 aromatic carbocycles. The van der Waals surface area contributed by atoms with Crippen LogP contribution < -0.4 is 0 Å². The van der Waals surface area contributed by atoms with Gasteiger partial charge < -0.3 is 4.84 Å². The zero-order valence-corrected chi connectivity index (χ0v) is 13.7. The second-order valence-corrected chi connectivity index (χ2v) is 6.21. The van der Waals surface area contributed by atoms with Crippen molar-refractivity contribution >= 4 is 23.4 Å². The summed E-state index contributed by atoms with van der Waals surface area (Å²) in [5, 5.41) is 4.98. The Morgan fingerprint density at radius 2 is 1.79 bits per heavy atom. The summed E-state index contributed by atoms with van der Waals surface area (Å²) in [6.07, 6.45) is 10.4. The molecular weight excluding hydrogens is 318 g/mol. The highest BCUT2D eigenvalue weighted by Gasteiger charge is 2.39. The van der Waals surface area contributed by atoms with Gasteiger partial charge in [-0.05, 0) is 23.3 Å². The van der Waals surface area contributed by atoms with E-state index in [2.05, 4.69) is 47.7 Å². The Kier molecular flexibility index (Phi) is 4.06. The van der Waals surface area contributed by atoms with Crippen LogP contribution in [0.4, 0.5) is 0 Å². The number of rotatable bonds is 3. The van der Waals surface area contributed by atoms with Crippen LogP contribution in [0.1, 0.15) is 11.1 Å². The summed E-state index contributed by atoms with van der Waals surface area (Å²) in [5.41, 5.74) is 4.20. The lowest BCUT2D eigenvalue weighted by atomic mass is 9.90. The first-order chi connectivity index (χ1) is 11.8. The number of fused-ring (bicyclic) bond motifs is 1. The highest BCUT2D eigenvalue weighted by atomic mass is 35.5. The Morgan fingerprint density at radius 3 is 2.62 bits per heavy atom. The van der Waals surface area contributed by atoms with Crippen LogP contribution >= 0.6 is 11.6 Å². The number of nitrogens with zero attached hydrogens (tertiary/aromatic N) is 1. The lowest BCUT2D eigenvalue weighted by Gasteiger charge is -2.12. The molecule has 0 fully saturated rings. The summed E-state index contributed by atoms with van der Waals surface area (Å²) in [5.74, 6) is 0.102. The average Bonchev–Trinajstić information content (AvgIpc) is 3.19. The van der Waals surface area contributed by atoms with E-state index in [0.717, 1.165) is 11.3 Å². The van der Waals surface area contributed by atoms with E-state index in [1.165, 1.54) is 11.1 Å². The van der Waals surface area contributed by atoms with Gasteiger partial charge in [-0.15, -0.1) is 0 Å². The summed E-state index contributed by atoms with van der Waals surface area (Å²) in [4.78, 5) is 5.57. The van der Waals surface area contributed by atoms with E-state index in [0.29, 0.717) is 5.02 Å². The molecule has 0 saturated heterocycles. The van der Waals surface area contributed by atoms with Crippen molar-refractivity contribution in [1.29, 1.82) is 0 Å². The molecule has 2 aliphatic rings. The second-order valence-electron chi connectivity index (χ2n) is 5.80. The predicted octanol–water partition coefficient (Wildman–Crippen LogP) is 5.27. The minimum atomic E-state index is -0.0346. The van der Waals surface area contributed by atoms with Crippen molar-refractivity contribution in [3.05, 3.63) is 101 Å². The first kappa shape index (κ1) is 15.0. The summed E-state index contributed by atoms with van der Waals surface area (Å²) in [7, 11) is 0. The van der Waals surface area contributed by atoms with E-state index in [4.69, 9.17) is 16.4 Å². The Labute approximate surface area is 146 Å². The quantitative estimate of drug-likeness (QED) is 0.750. The maximum absolute atomic E-state index is 6.34. The van der Waals surface area contributed by atoms with Gasteiger partial charge in [-0.25, -0.2) is 0 Å². The molecule has 0 amide bonds. The van der Waals surface area contributed by atoms with Crippen molar-refractivity contribution in [2.75, 3.05) is 0 Å². The molecule has 0 saturated carbocycles. The van der Waals surface area contributed by atoms with Crippen LogP contribution in [0.5, 0.6) is 0 Å². The number of hydrogen-bond donors (Lipinski definition) is 0. The van der Waals surface area contributed by atoms with Crippen LogP contribution in [0.25, 0.3) is 6.08 Å². The number of allylic oxidation sites excluding steroid dienone is 3. The monoisotopic (exact) mass is 333 g/mol. The Morgan fingerprint density at radius 1 is 1.00 bits per heavy atom. The van der Waals surface area contributed by atoms with Gasteiger partial charge in [0, 0.05) is 10.6 Å². The molecule has 1 aliphatic carbocycles. The van der Waals surface area contributed by atoms with Gasteiger partial charge in [0.05, 0.1) is 5.92 Å². The highest BCUT2D eigenvalue weighted by Crippen LogP contribution is 2.37. The molecule has 0 N–H and O–H groups in total. The summed E-state index contributed by atoms with van der Waals surface area (Å²) >= 11 is 6.34. The lowest BCUT2D eigenvalue weighted by Crippen LogP contribution is -2.20. The van der Waals surface area contributed by atoms with E-state index in [1.807, 2.05) is 42.5 Å². The lowest BCUT2D eigenvalue weighted by molar-refractivity contribution is 0.109. The molecule has 2 nitrogen and oxygen atoms in total. The molecule has 2 atom stereocenters. The van der Waals surface area contributed by atoms with Gasteiger partial charge in [0.15, 0.2) is 6.10 Å². The molecule has 0 bridgehead atoms. The first-order valence-electron chi connectivity index (χ1n) is 7.93. The van der Waals surface area contributed by atoms with Gasteiger partial charge >= 0.3 is 0 Å². The topological polar surface area (TPSA) is 21.6 Å². The summed E-state index contributed by atoms with van der Waals surface area (Å²) in [6, 6.07) is 18.0. The van der Waals surface area contributed by atoms with E-state index in [-0.39, 0.29) is 12.0 Å². The smallest absolute Gasteiger partial charge is 0.158 e. The number of benzene rings is 2. The van der Waals surface area contributed by atoms with Gasteiger partial charge in [0.1, 0.15) is 5.71 Å². The fourth-order valence-electron chi connectivity index (χ4n) is 3.07. The molecule has 0 aromatic heterocycles. The molecule has 4 rings (SSSR count). The van der Waals surface area contributed by atoms with Crippen molar-refractivity contribution < 1.29 is 4.84 Å². The van der Waals surface area contributed by atoms with Crippen LogP contribution in [-0.4, -0.2) is 11.8 Å². The maximum Gasteiger partial charge on any atom is 0.158 e. The molecule has 0 spiro atoms. The van der Waals surface area contributed by atoms with Gasteiger partial charge in [-0.2, -0.15) is 0 Å². The molecule has 1 aliphatic heterocycles. The maximum atomic E-state index is 6.34. The van der Waals surface area contributed by atoms with E-state index >= 15 is 0 Å². The number of halogens is 1. The van der Waals surface area contributed by atoms with Gasteiger partial charge in [0.2, 0.25) is 0 Å². The molecule has 0 radical (unpaired) electrons. The molecule has 0 unspecified atom stereocenters. The van der Waals surface area contributed by atoms with Gasteiger partial charge in [-0.1, -0.05) is 89.6 Å². The summed E-state index contributed by atoms with van der Waals surface area (Å²) in [6.45, 7) is 0. The molecule has 24 heavy (non-hydrogen) atoms. The van der Waals surface area contributed by atoms with Gasteiger partial charge in [-0.3, -0.25) is 0 Å². The van der Waals surface area contributed by atoms with Crippen LogP contribution in [-0.2, 0) is 4.84 Å². The van der Waals surface area contributed by atoms with Crippen LogP contribution in [0, 0.1) is 5.92 Å². The standard InChI is InChI=1S/C21H16ClNO/c22-18-12-5-4-11-17(18)21-20-16(13-14-19(20)24-23-21)10-6-9-15-7-2-1-3-8-15/h1-14,19-20H/b9-6-,16-10-/t19-,20+/m1/s1. The number of oxime groups is 1.